The minimum Gasteiger partial charge on any atom is -0.493 e. The van der Waals surface area contributed by atoms with Gasteiger partial charge in [0.2, 0.25) is 5.91 Å². The highest BCUT2D eigenvalue weighted by molar-refractivity contribution is 7.85. The van der Waals surface area contributed by atoms with Gasteiger partial charge in [-0.25, -0.2) is 0 Å². The lowest BCUT2D eigenvalue weighted by atomic mass is 10.0. The number of nitro benzene ring substituents is 1. The van der Waals surface area contributed by atoms with E-state index in [0.717, 1.165) is 12.8 Å². The van der Waals surface area contributed by atoms with Crippen molar-refractivity contribution in [2.75, 3.05) is 32.6 Å². The number of unbranched alkanes of at least 4 members (excludes halogenated alkanes) is 10. The smallest absolute Gasteiger partial charge is 0.278 e. The second-order valence-electron chi connectivity index (χ2n) is 10.5. The van der Waals surface area contributed by atoms with Crippen molar-refractivity contribution >= 4 is 21.7 Å². The fraction of sp³-hybridized carbons (Fsp3) is 0.759. The molecular weight excluding hydrogens is 550 g/mol. The highest BCUT2D eigenvalue weighted by Gasteiger charge is 2.23. The van der Waals surface area contributed by atoms with Crippen molar-refractivity contribution in [3.05, 3.63) is 27.8 Å². The Morgan fingerprint density at radius 2 is 1.56 bits per heavy atom. The van der Waals surface area contributed by atoms with Crippen molar-refractivity contribution in [3.8, 4) is 11.5 Å². The van der Waals surface area contributed by atoms with Crippen LogP contribution in [0.2, 0.25) is 0 Å². The Balaban J connectivity index is 2.40. The zero-order valence-corrected chi connectivity index (χ0v) is 25.9. The van der Waals surface area contributed by atoms with E-state index in [1.54, 1.807) is 13.0 Å². The molecule has 0 aliphatic carbocycles. The molecule has 0 bridgehead atoms. The van der Waals surface area contributed by atoms with Crippen LogP contribution in [-0.2, 0) is 14.9 Å². The molecule has 0 saturated carbocycles. The lowest BCUT2D eigenvalue weighted by molar-refractivity contribution is -0.385. The van der Waals surface area contributed by atoms with E-state index in [4.69, 9.17) is 14.0 Å². The molecule has 0 fully saturated rings. The quantitative estimate of drug-likeness (QED) is 0.0520. The summed E-state index contributed by atoms with van der Waals surface area (Å²) >= 11 is 0. The van der Waals surface area contributed by atoms with Gasteiger partial charge in [-0.05, 0) is 45.2 Å². The second-order valence-corrected chi connectivity index (χ2v) is 12.0. The Kier molecular flexibility index (Phi) is 19.0. The van der Waals surface area contributed by atoms with E-state index in [2.05, 4.69) is 17.6 Å². The maximum absolute atomic E-state index is 12.1. The fourth-order valence-corrected chi connectivity index (χ4v) is 5.09. The standard InChI is InChI=1S/C29H51N3O8S/c1-4-5-6-7-8-9-10-11-12-13-19-31-29(33)17-16-20-40-28-23-26(32(34)35)25(22-27(28)39-3)24(2)30-18-14-15-21-41(36,37)38/h22-24,30H,4-21H2,1-3H3,(H,31,33)(H,36,37,38). The predicted molar refractivity (Wildman–Crippen MR) is 161 cm³/mol. The van der Waals surface area contributed by atoms with Crippen LogP contribution in [0, 0.1) is 10.1 Å². The van der Waals surface area contributed by atoms with Crippen molar-refractivity contribution in [1.82, 2.24) is 10.6 Å². The topological polar surface area (TPSA) is 157 Å². The Bertz CT molecular complexity index is 1000. The summed E-state index contributed by atoms with van der Waals surface area (Å²) in [5, 5.41) is 17.8. The molecule has 1 rings (SSSR count). The third-order valence-electron chi connectivity index (χ3n) is 6.91. The summed E-state index contributed by atoms with van der Waals surface area (Å²) in [5.41, 5.74) is 0.272. The predicted octanol–water partition coefficient (Wildman–Crippen LogP) is 6.12. The molecule has 0 aliphatic heterocycles. The number of amides is 1. The molecule has 12 heteroatoms. The van der Waals surface area contributed by atoms with Crippen LogP contribution in [0.4, 0.5) is 5.69 Å². The van der Waals surface area contributed by atoms with E-state index >= 15 is 0 Å². The molecule has 3 N–H and O–H groups in total. The van der Waals surface area contributed by atoms with Gasteiger partial charge in [0.05, 0.1) is 36.0 Å². The van der Waals surface area contributed by atoms with Gasteiger partial charge in [0.25, 0.3) is 15.8 Å². The number of nitrogens with one attached hydrogen (secondary N) is 2. The third kappa shape index (κ3) is 17.2. The first kappa shape index (κ1) is 36.6. The summed E-state index contributed by atoms with van der Waals surface area (Å²) in [6, 6.07) is 2.47. The van der Waals surface area contributed by atoms with Crippen molar-refractivity contribution in [3.63, 3.8) is 0 Å². The molecule has 1 aromatic rings. The Labute approximate surface area is 246 Å². The third-order valence-corrected chi connectivity index (χ3v) is 7.72. The van der Waals surface area contributed by atoms with Gasteiger partial charge >= 0.3 is 0 Å². The van der Waals surface area contributed by atoms with Crippen molar-refractivity contribution < 1.29 is 32.2 Å². The van der Waals surface area contributed by atoms with Gasteiger partial charge in [0.1, 0.15) is 0 Å². The molecule has 0 saturated heterocycles. The van der Waals surface area contributed by atoms with Crippen LogP contribution >= 0.6 is 0 Å². The average molecular weight is 602 g/mol. The van der Waals surface area contributed by atoms with Gasteiger partial charge in [-0.15, -0.1) is 0 Å². The zero-order valence-electron chi connectivity index (χ0n) is 25.1. The summed E-state index contributed by atoms with van der Waals surface area (Å²) in [5.74, 6) is 0.212. The fourth-order valence-electron chi connectivity index (χ4n) is 4.52. The SMILES string of the molecule is CCCCCCCCCCCCNC(=O)CCCOc1cc([N+](=O)[O-])c(C(C)NCCCCS(=O)(=O)O)cc1OC. The normalized spacial score (nSPS) is 12.2. The first-order valence-corrected chi connectivity index (χ1v) is 16.6. The van der Waals surface area contributed by atoms with Crippen LogP contribution in [0.15, 0.2) is 12.1 Å². The highest BCUT2D eigenvalue weighted by atomic mass is 32.2. The van der Waals surface area contributed by atoms with Gasteiger partial charge < -0.3 is 20.1 Å². The molecule has 1 unspecified atom stereocenters. The van der Waals surface area contributed by atoms with Crippen LogP contribution in [-0.4, -0.2) is 56.4 Å². The number of methoxy groups -OCH3 is 1. The number of nitrogens with zero attached hydrogens (tertiary/aromatic N) is 1. The summed E-state index contributed by atoms with van der Waals surface area (Å²) < 4.78 is 41.6. The minimum absolute atomic E-state index is 0.0331. The second kappa shape index (κ2) is 21.3. The van der Waals surface area contributed by atoms with Crippen LogP contribution in [0.5, 0.6) is 11.5 Å². The van der Waals surface area contributed by atoms with Crippen LogP contribution in [0.3, 0.4) is 0 Å². The molecule has 1 amide bonds. The van der Waals surface area contributed by atoms with Crippen molar-refractivity contribution in [2.45, 2.75) is 110 Å². The molecule has 0 radical (unpaired) electrons. The lowest BCUT2D eigenvalue weighted by Gasteiger charge is -2.17. The monoisotopic (exact) mass is 601 g/mol. The highest BCUT2D eigenvalue weighted by Crippen LogP contribution is 2.37. The Hall–Kier alpha value is -2.44. The first-order chi connectivity index (χ1) is 19.6. The molecule has 236 valence electrons. The molecule has 1 atom stereocenters. The summed E-state index contributed by atoms with van der Waals surface area (Å²) in [6.07, 6.45) is 14.0. The Morgan fingerprint density at radius 3 is 2.15 bits per heavy atom. The molecule has 0 spiro atoms. The first-order valence-electron chi connectivity index (χ1n) is 15.0. The molecule has 41 heavy (non-hydrogen) atoms. The summed E-state index contributed by atoms with van der Waals surface area (Å²) in [7, 11) is -2.55. The number of ether oxygens (including phenoxy) is 2. The number of hydrogen-bond donors (Lipinski definition) is 3. The van der Waals surface area contributed by atoms with E-state index in [1.165, 1.54) is 64.5 Å². The number of hydrogen-bond acceptors (Lipinski definition) is 8. The number of carbonyl (C=O) groups excluding carboxylic acids is 1. The minimum atomic E-state index is -4.01. The number of rotatable bonds is 25. The van der Waals surface area contributed by atoms with Gasteiger partial charge in [-0.3, -0.25) is 19.5 Å². The van der Waals surface area contributed by atoms with Crippen LogP contribution in [0.1, 0.15) is 115 Å². The lowest BCUT2D eigenvalue weighted by Crippen LogP contribution is -2.24. The van der Waals surface area contributed by atoms with E-state index in [1.807, 2.05) is 0 Å². The van der Waals surface area contributed by atoms with Crippen LogP contribution < -0.4 is 20.1 Å². The van der Waals surface area contributed by atoms with E-state index in [9.17, 15) is 23.3 Å². The number of nitro groups is 1. The van der Waals surface area contributed by atoms with E-state index in [-0.39, 0.29) is 36.1 Å². The van der Waals surface area contributed by atoms with E-state index in [0.29, 0.717) is 43.7 Å². The average Bonchev–Trinajstić information content (AvgIpc) is 2.92. The molecule has 0 heterocycles. The number of benzene rings is 1. The summed E-state index contributed by atoms with van der Waals surface area (Å²) in [6.45, 7) is 5.29. The molecular formula is C29H51N3O8S. The molecule has 0 aliphatic rings. The van der Waals surface area contributed by atoms with Crippen molar-refractivity contribution in [2.24, 2.45) is 0 Å². The zero-order chi connectivity index (χ0) is 30.5. The Morgan fingerprint density at radius 1 is 0.951 bits per heavy atom. The van der Waals surface area contributed by atoms with E-state index < -0.39 is 21.1 Å². The largest absolute Gasteiger partial charge is 0.493 e. The molecule has 1 aromatic carbocycles. The maximum atomic E-state index is 12.1. The number of carbonyl (C=O) groups is 1. The van der Waals surface area contributed by atoms with Gasteiger partial charge in [0, 0.05) is 19.0 Å². The summed E-state index contributed by atoms with van der Waals surface area (Å²) in [4.78, 5) is 23.4. The maximum Gasteiger partial charge on any atom is 0.278 e. The van der Waals surface area contributed by atoms with Gasteiger partial charge in [0.15, 0.2) is 11.5 Å². The van der Waals surface area contributed by atoms with Gasteiger partial charge in [-0.1, -0.05) is 64.7 Å². The van der Waals surface area contributed by atoms with Crippen LogP contribution in [0.25, 0.3) is 0 Å². The molecule has 0 aromatic heterocycles. The van der Waals surface area contributed by atoms with Gasteiger partial charge in [-0.2, -0.15) is 8.42 Å². The van der Waals surface area contributed by atoms with Crippen molar-refractivity contribution in [1.29, 1.82) is 0 Å². The molecule has 11 nitrogen and oxygen atoms in total.